The summed E-state index contributed by atoms with van der Waals surface area (Å²) in [6, 6.07) is 10.4. The number of aromatic nitrogens is 2. The fourth-order valence-corrected chi connectivity index (χ4v) is 2.35. The second-order valence-electron chi connectivity index (χ2n) is 4.91. The lowest BCUT2D eigenvalue weighted by atomic mass is 10.1. The van der Waals surface area contributed by atoms with Gasteiger partial charge in [0.1, 0.15) is 0 Å². The first kappa shape index (κ1) is 13.7. The summed E-state index contributed by atoms with van der Waals surface area (Å²) in [6.07, 6.45) is 4.21. The van der Waals surface area contributed by atoms with Gasteiger partial charge in [0.2, 0.25) is 0 Å². The van der Waals surface area contributed by atoms with Gasteiger partial charge in [0.15, 0.2) is 0 Å². The van der Waals surface area contributed by atoms with Gasteiger partial charge in [-0.15, -0.1) is 0 Å². The van der Waals surface area contributed by atoms with Gasteiger partial charge in [-0.1, -0.05) is 26.0 Å². The molecule has 3 heteroatoms. The molecule has 0 bridgehead atoms. The van der Waals surface area contributed by atoms with Crippen molar-refractivity contribution in [1.82, 2.24) is 9.78 Å². The predicted molar refractivity (Wildman–Crippen MR) is 80.2 cm³/mol. The van der Waals surface area contributed by atoms with Crippen molar-refractivity contribution in [2.75, 3.05) is 5.73 Å². The number of nitrogen functional groups attached to an aromatic ring is 1. The molecule has 2 N–H and O–H groups in total. The summed E-state index contributed by atoms with van der Waals surface area (Å²) in [5, 5.41) is 4.64. The van der Waals surface area contributed by atoms with Crippen LogP contribution in [0.25, 0.3) is 0 Å². The molecule has 0 saturated carbocycles. The average molecular weight is 257 g/mol. The first-order chi connectivity index (χ1) is 9.22. The first-order valence-corrected chi connectivity index (χ1v) is 7.13. The number of aryl methyl sites for hydroxylation is 4. The molecule has 2 aromatic rings. The Bertz CT molecular complexity index is 529. The molecule has 0 radical (unpaired) electrons. The molecule has 0 aliphatic rings. The number of hydrogen-bond donors (Lipinski definition) is 1. The van der Waals surface area contributed by atoms with E-state index in [0.717, 1.165) is 37.9 Å². The summed E-state index contributed by atoms with van der Waals surface area (Å²) < 4.78 is 2.16. The van der Waals surface area contributed by atoms with E-state index in [9.17, 15) is 0 Å². The van der Waals surface area contributed by atoms with E-state index in [4.69, 9.17) is 5.73 Å². The highest BCUT2D eigenvalue weighted by atomic mass is 15.3. The van der Waals surface area contributed by atoms with Crippen molar-refractivity contribution in [3.63, 3.8) is 0 Å². The third kappa shape index (κ3) is 3.60. The zero-order valence-electron chi connectivity index (χ0n) is 11.9. The Kier molecular flexibility index (Phi) is 4.61. The monoisotopic (exact) mass is 257 g/mol. The number of hydrogen-bond acceptors (Lipinski definition) is 2. The molecule has 2 rings (SSSR count). The topological polar surface area (TPSA) is 43.8 Å². The Labute approximate surface area is 115 Å². The average Bonchev–Trinajstić information content (AvgIpc) is 2.81. The van der Waals surface area contributed by atoms with Crippen molar-refractivity contribution in [2.45, 2.75) is 46.1 Å². The largest absolute Gasteiger partial charge is 0.399 e. The molecular weight excluding hydrogens is 234 g/mol. The maximum absolute atomic E-state index is 5.79. The van der Waals surface area contributed by atoms with Gasteiger partial charge in [0.05, 0.1) is 5.69 Å². The van der Waals surface area contributed by atoms with E-state index in [1.807, 2.05) is 12.1 Å². The Hall–Kier alpha value is -1.77. The summed E-state index contributed by atoms with van der Waals surface area (Å²) in [4.78, 5) is 0. The van der Waals surface area contributed by atoms with Crippen molar-refractivity contribution in [1.29, 1.82) is 0 Å². The van der Waals surface area contributed by atoms with Crippen LogP contribution in [0, 0.1) is 0 Å². The van der Waals surface area contributed by atoms with E-state index < -0.39 is 0 Å². The van der Waals surface area contributed by atoms with E-state index in [0.29, 0.717) is 0 Å². The minimum atomic E-state index is 0.846. The second-order valence-corrected chi connectivity index (χ2v) is 4.91. The predicted octanol–water partition coefficient (Wildman–Crippen LogP) is 3.22. The highest BCUT2D eigenvalue weighted by Crippen LogP contribution is 2.11. The van der Waals surface area contributed by atoms with Crippen LogP contribution in [0.5, 0.6) is 0 Å². The quantitative estimate of drug-likeness (QED) is 0.807. The van der Waals surface area contributed by atoms with Crippen LogP contribution < -0.4 is 5.73 Å². The maximum atomic E-state index is 5.79. The molecule has 0 fully saturated rings. The summed E-state index contributed by atoms with van der Waals surface area (Å²) in [5.74, 6) is 0. The fraction of sp³-hybridized carbons (Fsp3) is 0.438. The van der Waals surface area contributed by atoms with E-state index in [-0.39, 0.29) is 0 Å². The van der Waals surface area contributed by atoms with E-state index in [1.54, 1.807) is 0 Å². The van der Waals surface area contributed by atoms with E-state index >= 15 is 0 Å². The second kappa shape index (κ2) is 6.41. The molecule has 1 heterocycles. The molecule has 0 unspecified atom stereocenters. The van der Waals surface area contributed by atoms with Crippen LogP contribution in [0.1, 0.15) is 37.2 Å². The van der Waals surface area contributed by atoms with Gasteiger partial charge in [0, 0.05) is 17.9 Å². The van der Waals surface area contributed by atoms with Gasteiger partial charge in [0.25, 0.3) is 0 Å². The highest BCUT2D eigenvalue weighted by Gasteiger charge is 2.04. The molecular formula is C16H23N3. The lowest BCUT2D eigenvalue weighted by Crippen LogP contribution is -2.06. The zero-order chi connectivity index (χ0) is 13.7. The Balaban J connectivity index is 1.93. The number of anilines is 1. The summed E-state index contributed by atoms with van der Waals surface area (Å²) >= 11 is 0. The molecule has 19 heavy (non-hydrogen) atoms. The third-order valence-corrected chi connectivity index (χ3v) is 3.42. The van der Waals surface area contributed by atoms with Gasteiger partial charge < -0.3 is 5.73 Å². The van der Waals surface area contributed by atoms with Crippen LogP contribution in [-0.4, -0.2) is 9.78 Å². The van der Waals surface area contributed by atoms with Crippen molar-refractivity contribution in [2.24, 2.45) is 0 Å². The zero-order valence-corrected chi connectivity index (χ0v) is 11.9. The lowest BCUT2D eigenvalue weighted by Gasteiger charge is -2.06. The molecule has 0 spiro atoms. The number of benzene rings is 1. The van der Waals surface area contributed by atoms with Gasteiger partial charge in [-0.3, -0.25) is 4.68 Å². The Morgan fingerprint density at radius 2 is 2.00 bits per heavy atom. The van der Waals surface area contributed by atoms with Crippen molar-refractivity contribution >= 4 is 5.69 Å². The SMILES string of the molecule is CCc1cc(CC)n(CCCc2cccc(N)c2)n1. The standard InChI is InChI=1S/C16H23N3/c1-3-15-12-16(4-2)19(18-15)10-6-8-13-7-5-9-14(17)11-13/h5,7,9,11-12H,3-4,6,8,10,17H2,1-2H3. The molecule has 0 aliphatic carbocycles. The molecule has 1 aromatic heterocycles. The maximum Gasteiger partial charge on any atom is 0.0624 e. The first-order valence-electron chi connectivity index (χ1n) is 7.13. The highest BCUT2D eigenvalue weighted by molar-refractivity contribution is 5.40. The van der Waals surface area contributed by atoms with Crippen LogP contribution in [-0.2, 0) is 25.8 Å². The van der Waals surface area contributed by atoms with Crippen LogP contribution in [0.2, 0.25) is 0 Å². The molecule has 102 valence electrons. The Morgan fingerprint density at radius 3 is 2.68 bits per heavy atom. The smallest absolute Gasteiger partial charge is 0.0624 e. The number of rotatable bonds is 6. The summed E-state index contributed by atoms with van der Waals surface area (Å²) in [6.45, 7) is 5.32. The lowest BCUT2D eigenvalue weighted by molar-refractivity contribution is 0.552. The van der Waals surface area contributed by atoms with Crippen molar-refractivity contribution in [3.8, 4) is 0 Å². The summed E-state index contributed by atoms with van der Waals surface area (Å²) in [7, 11) is 0. The molecule has 0 saturated heterocycles. The van der Waals surface area contributed by atoms with Gasteiger partial charge in [-0.2, -0.15) is 5.10 Å². The fourth-order valence-electron chi connectivity index (χ4n) is 2.35. The van der Waals surface area contributed by atoms with Crippen LogP contribution in [0.4, 0.5) is 5.69 Å². The normalized spacial score (nSPS) is 10.8. The third-order valence-electron chi connectivity index (χ3n) is 3.42. The van der Waals surface area contributed by atoms with E-state index in [1.165, 1.54) is 17.0 Å². The molecule has 1 aromatic carbocycles. The van der Waals surface area contributed by atoms with Gasteiger partial charge in [-0.25, -0.2) is 0 Å². The summed E-state index contributed by atoms with van der Waals surface area (Å²) in [5.41, 5.74) is 10.5. The molecule has 0 amide bonds. The van der Waals surface area contributed by atoms with Crippen LogP contribution in [0.15, 0.2) is 30.3 Å². The number of nitrogens with zero attached hydrogens (tertiary/aromatic N) is 2. The van der Waals surface area contributed by atoms with Gasteiger partial charge >= 0.3 is 0 Å². The minimum Gasteiger partial charge on any atom is -0.399 e. The van der Waals surface area contributed by atoms with Crippen LogP contribution >= 0.6 is 0 Å². The van der Waals surface area contributed by atoms with Crippen LogP contribution in [0.3, 0.4) is 0 Å². The number of nitrogens with two attached hydrogens (primary N) is 1. The van der Waals surface area contributed by atoms with Crippen molar-refractivity contribution < 1.29 is 0 Å². The molecule has 0 aliphatic heterocycles. The molecule has 3 nitrogen and oxygen atoms in total. The molecule has 0 atom stereocenters. The van der Waals surface area contributed by atoms with Crippen molar-refractivity contribution in [3.05, 3.63) is 47.3 Å². The van der Waals surface area contributed by atoms with E-state index in [2.05, 4.69) is 41.8 Å². The van der Waals surface area contributed by atoms with Gasteiger partial charge in [-0.05, 0) is 49.4 Å². The Morgan fingerprint density at radius 1 is 1.16 bits per heavy atom. The minimum absolute atomic E-state index is 0.846.